The molecule has 0 spiro atoms. The quantitative estimate of drug-likeness (QED) is 0.840. The summed E-state index contributed by atoms with van der Waals surface area (Å²) < 4.78 is 0.689. The zero-order chi connectivity index (χ0) is 12.3. The number of aromatic amines is 1. The van der Waals surface area contributed by atoms with E-state index in [4.69, 9.17) is 11.6 Å². The second kappa shape index (κ2) is 5.11. The molecule has 7 heteroatoms. The van der Waals surface area contributed by atoms with Crippen LogP contribution in [0, 0.1) is 6.92 Å². The van der Waals surface area contributed by atoms with Gasteiger partial charge in [-0.3, -0.25) is 15.2 Å². The maximum Gasteiger partial charge on any atom is 0.250 e. The first kappa shape index (κ1) is 11.8. The van der Waals surface area contributed by atoms with Crippen LogP contribution in [0.5, 0.6) is 0 Å². The average Bonchev–Trinajstić information content (AvgIpc) is 2.85. The number of aromatic nitrogens is 3. The summed E-state index contributed by atoms with van der Waals surface area (Å²) in [5, 5.41) is 8.96. The van der Waals surface area contributed by atoms with Crippen LogP contribution in [0.4, 0.5) is 5.95 Å². The van der Waals surface area contributed by atoms with Gasteiger partial charge in [-0.1, -0.05) is 11.6 Å². The molecule has 88 valence electrons. The molecule has 0 aliphatic carbocycles. The summed E-state index contributed by atoms with van der Waals surface area (Å²) in [4.78, 5) is 16.4. The van der Waals surface area contributed by atoms with Gasteiger partial charge in [0.15, 0.2) is 0 Å². The van der Waals surface area contributed by atoms with E-state index >= 15 is 0 Å². The smallest absolute Gasteiger partial charge is 0.250 e. The van der Waals surface area contributed by atoms with Crippen LogP contribution in [-0.4, -0.2) is 21.1 Å². The van der Waals surface area contributed by atoms with Gasteiger partial charge in [-0.2, -0.15) is 4.98 Å². The Balaban J connectivity index is 1.95. The topological polar surface area (TPSA) is 70.7 Å². The van der Waals surface area contributed by atoms with Gasteiger partial charge in [0, 0.05) is 11.0 Å². The van der Waals surface area contributed by atoms with Crippen molar-refractivity contribution in [1.82, 2.24) is 15.2 Å². The third kappa shape index (κ3) is 3.40. The number of H-pyrrole nitrogens is 1. The van der Waals surface area contributed by atoms with Crippen molar-refractivity contribution in [2.75, 3.05) is 5.32 Å². The number of thiophene rings is 1. The lowest BCUT2D eigenvalue weighted by molar-refractivity contribution is -0.111. The lowest BCUT2D eigenvalue weighted by Gasteiger charge is -1.93. The molecule has 1 amide bonds. The number of rotatable bonds is 3. The number of carbonyl (C=O) groups excluding carboxylic acids is 1. The van der Waals surface area contributed by atoms with Crippen molar-refractivity contribution in [2.45, 2.75) is 6.92 Å². The summed E-state index contributed by atoms with van der Waals surface area (Å²) in [6.07, 6.45) is 3.10. The molecule has 0 aliphatic heterocycles. The minimum Gasteiger partial charge on any atom is -0.290 e. The first-order valence-electron chi connectivity index (χ1n) is 4.77. The van der Waals surface area contributed by atoms with Crippen molar-refractivity contribution in [2.24, 2.45) is 0 Å². The second-order valence-corrected chi connectivity index (χ2v) is 4.96. The Bertz CT molecular complexity index is 560. The van der Waals surface area contributed by atoms with Crippen LogP contribution in [-0.2, 0) is 4.79 Å². The SMILES string of the molecule is Cc1nc(NC(=O)/C=C/c2ccc(Cl)s2)n[nH]1. The highest BCUT2D eigenvalue weighted by Gasteiger charge is 2.02. The summed E-state index contributed by atoms with van der Waals surface area (Å²) >= 11 is 7.17. The fourth-order valence-electron chi connectivity index (χ4n) is 1.13. The first-order valence-corrected chi connectivity index (χ1v) is 5.96. The van der Waals surface area contributed by atoms with E-state index in [1.165, 1.54) is 17.4 Å². The zero-order valence-corrected chi connectivity index (χ0v) is 10.5. The maximum absolute atomic E-state index is 11.5. The molecule has 2 heterocycles. The maximum atomic E-state index is 11.5. The molecule has 2 N–H and O–H groups in total. The number of nitrogens with one attached hydrogen (secondary N) is 2. The largest absolute Gasteiger partial charge is 0.290 e. The van der Waals surface area contributed by atoms with Gasteiger partial charge in [-0.15, -0.1) is 16.4 Å². The van der Waals surface area contributed by atoms with E-state index in [2.05, 4.69) is 20.5 Å². The minimum absolute atomic E-state index is 0.265. The van der Waals surface area contributed by atoms with Crippen molar-refractivity contribution < 1.29 is 4.79 Å². The van der Waals surface area contributed by atoms with Crippen LogP contribution in [0.2, 0.25) is 4.34 Å². The predicted octanol–water partition coefficient (Wildman–Crippen LogP) is 2.48. The van der Waals surface area contributed by atoms with Crippen molar-refractivity contribution >= 4 is 40.9 Å². The molecule has 0 radical (unpaired) electrons. The third-order valence-corrected chi connectivity index (χ3v) is 3.02. The van der Waals surface area contributed by atoms with Crippen LogP contribution in [0.3, 0.4) is 0 Å². The fourth-order valence-corrected chi connectivity index (χ4v) is 2.09. The molecule has 0 aliphatic rings. The standard InChI is InChI=1S/C10H9ClN4OS/c1-6-12-10(15-14-6)13-9(16)5-3-7-2-4-8(11)17-7/h2-5H,1H3,(H2,12,13,14,15,16)/b5-3+. The molecular formula is C10H9ClN4OS. The average molecular weight is 269 g/mol. The van der Waals surface area contributed by atoms with E-state index in [0.717, 1.165) is 4.88 Å². The fraction of sp³-hybridized carbons (Fsp3) is 0.100. The highest BCUT2D eigenvalue weighted by Crippen LogP contribution is 2.22. The lowest BCUT2D eigenvalue weighted by atomic mass is 10.4. The molecule has 2 aromatic heterocycles. The number of nitrogens with zero attached hydrogens (tertiary/aromatic N) is 2. The zero-order valence-electron chi connectivity index (χ0n) is 8.90. The predicted molar refractivity (Wildman–Crippen MR) is 68.1 cm³/mol. The van der Waals surface area contributed by atoms with E-state index < -0.39 is 0 Å². The summed E-state index contributed by atoms with van der Waals surface area (Å²) in [5.41, 5.74) is 0. The molecule has 0 bridgehead atoms. The molecule has 0 saturated carbocycles. The normalized spacial score (nSPS) is 10.9. The lowest BCUT2D eigenvalue weighted by Crippen LogP contribution is -2.08. The summed E-state index contributed by atoms with van der Waals surface area (Å²) in [7, 11) is 0. The number of amides is 1. The second-order valence-electron chi connectivity index (χ2n) is 3.21. The number of hydrogen-bond donors (Lipinski definition) is 2. The monoisotopic (exact) mass is 268 g/mol. The Morgan fingerprint density at radius 3 is 3.00 bits per heavy atom. The molecule has 0 aromatic carbocycles. The van der Waals surface area contributed by atoms with Gasteiger partial charge in [0.05, 0.1) is 4.34 Å². The van der Waals surface area contributed by atoms with Gasteiger partial charge in [0.25, 0.3) is 5.91 Å². The molecular weight excluding hydrogens is 260 g/mol. The van der Waals surface area contributed by atoms with Crippen LogP contribution in [0.1, 0.15) is 10.7 Å². The Hall–Kier alpha value is -1.66. The van der Waals surface area contributed by atoms with Gasteiger partial charge in [-0.25, -0.2) is 0 Å². The van der Waals surface area contributed by atoms with E-state index in [-0.39, 0.29) is 11.9 Å². The summed E-state index contributed by atoms with van der Waals surface area (Å²) in [5.74, 6) is 0.629. The molecule has 2 aromatic rings. The Labute approximate surface area is 107 Å². The minimum atomic E-state index is -0.284. The van der Waals surface area contributed by atoms with Crippen molar-refractivity contribution in [3.63, 3.8) is 0 Å². The van der Waals surface area contributed by atoms with Crippen molar-refractivity contribution in [3.05, 3.63) is 33.2 Å². The Morgan fingerprint density at radius 1 is 1.59 bits per heavy atom. The van der Waals surface area contributed by atoms with E-state index in [9.17, 15) is 4.79 Å². The molecule has 2 rings (SSSR count). The number of halogens is 1. The number of aryl methyl sites for hydroxylation is 1. The number of hydrogen-bond acceptors (Lipinski definition) is 4. The Kier molecular flexibility index (Phi) is 3.55. The Morgan fingerprint density at radius 2 is 2.41 bits per heavy atom. The van der Waals surface area contributed by atoms with Gasteiger partial charge >= 0.3 is 0 Å². The van der Waals surface area contributed by atoms with Crippen molar-refractivity contribution in [1.29, 1.82) is 0 Å². The van der Waals surface area contributed by atoms with E-state index in [1.807, 2.05) is 6.07 Å². The van der Waals surface area contributed by atoms with Gasteiger partial charge < -0.3 is 0 Å². The molecule has 0 atom stereocenters. The van der Waals surface area contributed by atoms with E-state index in [0.29, 0.717) is 10.2 Å². The van der Waals surface area contributed by atoms with Crippen LogP contribution < -0.4 is 5.32 Å². The summed E-state index contributed by atoms with van der Waals surface area (Å²) in [6.45, 7) is 1.76. The van der Waals surface area contributed by atoms with Crippen LogP contribution in [0.25, 0.3) is 6.08 Å². The number of anilines is 1. The highest BCUT2D eigenvalue weighted by molar-refractivity contribution is 7.17. The third-order valence-electron chi connectivity index (χ3n) is 1.83. The molecule has 0 saturated heterocycles. The molecule has 0 unspecified atom stereocenters. The van der Waals surface area contributed by atoms with Gasteiger partial charge in [0.2, 0.25) is 5.95 Å². The number of carbonyl (C=O) groups is 1. The highest BCUT2D eigenvalue weighted by atomic mass is 35.5. The van der Waals surface area contributed by atoms with Gasteiger partial charge in [-0.05, 0) is 25.1 Å². The first-order chi connectivity index (χ1) is 8.13. The van der Waals surface area contributed by atoms with Gasteiger partial charge in [0.1, 0.15) is 5.82 Å². The van der Waals surface area contributed by atoms with E-state index in [1.54, 1.807) is 19.1 Å². The van der Waals surface area contributed by atoms with Crippen molar-refractivity contribution in [3.8, 4) is 0 Å². The van der Waals surface area contributed by atoms with Crippen LogP contribution in [0.15, 0.2) is 18.2 Å². The molecule has 5 nitrogen and oxygen atoms in total. The molecule has 17 heavy (non-hydrogen) atoms. The summed E-state index contributed by atoms with van der Waals surface area (Å²) in [6, 6.07) is 3.62. The van der Waals surface area contributed by atoms with Crippen LogP contribution >= 0.6 is 22.9 Å². The molecule has 0 fully saturated rings.